The molecule has 2 heterocycles. The van der Waals surface area contributed by atoms with Crippen molar-refractivity contribution in [2.24, 2.45) is 5.92 Å². The standard InChI is InChI=1S/C14H17FN2S/c15-11-4-5-12-13(8-11)18-14(17-12)6-3-10-2-1-7-16-9-10/h4-5,8,10,16H,1-3,6-7,9H2. The van der Waals surface area contributed by atoms with Crippen molar-refractivity contribution in [1.82, 2.24) is 10.3 Å². The molecule has 4 heteroatoms. The number of thiazole rings is 1. The number of aryl methyl sites for hydroxylation is 1. The second-order valence-electron chi connectivity index (χ2n) is 4.97. The van der Waals surface area contributed by atoms with Crippen LogP contribution in [0.1, 0.15) is 24.3 Å². The Kier molecular flexibility index (Phi) is 3.57. The third-order valence-electron chi connectivity index (χ3n) is 3.56. The summed E-state index contributed by atoms with van der Waals surface area (Å²) in [5.74, 6) is 0.608. The fourth-order valence-corrected chi connectivity index (χ4v) is 3.56. The summed E-state index contributed by atoms with van der Waals surface area (Å²) in [5.41, 5.74) is 0.929. The molecule has 1 aromatic carbocycles. The molecule has 1 saturated heterocycles. The van der Waals surface area contributed by atoms with Gasteiger partial charge < -0.3 is 5.32 Å². The maximum Gasteiger partial charge on any atom is 0.124 e. The van der Waals surface area contributed by atoms with E-state index in [-0.39, 0.29) is 5.82 Å². The first-order valence-corrected chi connectivity index (χ1v) is 7.38. The molecule has 1 atom stereocenters. The molecule has 3 rings (SSSR count). The number of benzene rings is 1. The molecule has 2 aromatic rings. The average Bonchev–Trinajstić information content (AvgIpc) is 2.79. The molecule has 0 aliphatic carbocycles. The Balaban J connectivity index is 1.67. The van der Waals surface area contributed by atoms with E-state index in [0.29, 0.717) is 0 Å². The van der Waals surface area contributed by atoms with Crippen LogP contribution in [0.15, 0.2) is 18.2 Å². The molecule has 1 aliphatic rings. The fourth-order valence-electron chi connectivity index (χ4n) is 2.55. The lowest BCUT2D eigenvalue weighted by Gasteiger charge is -2.21. The lowest BCUT2D eigenvalue weighted by atomic mass is 9.95. The Bertz CT molecular complexity index is 532. The number of hydrogen-bond acceptors (Lipinski definition) is 3. The molecular formula is C14H17FN2S. The molecular weight excluding hydrogens is 247 g/mol. The highest BCUT2D eigenvalue weighted by Crippen LogP contribution is 2.25. The van der Waals surface area contributed by atoms with Gasteiger partial charge in [0, 0.05) is 0 Å². The summed E-state index contributed by atoms with van der Waals surface area (Å²) in [6.07, 6.45) is 4.82. The molecule has 1 aliphatic heterocycles. The molecule has 0 saturated carbocycles. The number of aromatic nitrogens is 1. The summed E-state index contributed by atoms with van der Waals surface area (Å²) in [5, 5.41) is 4.58. The minimum Gasteiger partial charge on any atom is -0.316 e. The number of piperidine rings is 1. The highest BCUT2D eigenvalue weighted by atomic mass is 32.1. The summed E-state index contributed by atoms with van der Waals surface area (Å²) in [7, 11) is 0. The molecule has 1 fully saturated rings. The molecule has 0 radical (unpaired) electrons. The third-order valence-corrected chi connectivity index (χ3v) is 4.64. The Morgan fingerprint density at radius 2 is 2.39 bits per heavy atom. The Hall–Kier alpha value is -1.00. The summed E-state index contributed by atoms with van der Waals surface area (Å²) in [6.45, 7) is 2.30. The maximum atomic E-state index is 13.1. The lowest BCUT2D eigenvalue weighted by molar-refractivity contribution is 0.358. The van der Waals surface area contributed by atoms with Crippen molar-refractivity contribution in [2.75, 3.05) is 13.1 Å². The van der Waals surface area contributed by atoms with E-state index in [1.54, 1.807) is 23.5 Å². The normalized spacial score (nSPS) is 20.4. The van der Waals surface area contributed by atoms with Gasteiger partial charge in [0.15, 0.2) is 0 Å². The SMILES string of the molecule is Fc1ccc2nc(CCC3CCCNC3)sc2c1. The number of fused-ring (bicyclic) bond motifs is 1. The molecule has 96 valence electrons. The van der Waals surface area contributed by atoms with E-state index in [1.165, 1.54) is 25.3 Å². The van der Waals surface area contributed by atoms with Crippen LogP contribution >= 0.6 is 11.3 Å². The average molecular weight is 264 g/mol. The zero-order chi connectivity index (χ0) is 12.4. The van der Waals surface area contributed by atoms with Crippen LogP contribution in [0.25, 0.3) is 10.2 Å². The van der Waals surface area contributed by atoms with Gasteiger partial charge in [0.2, 0.25) is 0 Å². The number of nitrogens with one attached hydrogen (secondary N) is 1. The second kappa shape index (κ2) is 5.33. The first-order chi connectivity index (χ1) is 8.81. The Labute approximate surface area is 110 Å². The van der Waals surface area contributed by atoms with Gasteiger partial charge >= 0.3 is 0 Å². The summed E-state index contributed by atoms with van der Waals surface area (Å²) >= 11 is 1.63. The van der Waals surface area contributed by atoms with E-state index in [4.69, 9.17) is 0 Å². The Morgan fingerprint density at radius 1 is 1.44 bits per heavy atom. The number of halogens is 1. The predicted molar refractivity (Wildman–Crippen MR) is 73.5 cm³/mol. The van der Waals surface area contributed by atoms with Crippen LogP contribution in [0.3, 0.4) is 0 Å². The molecule has 0 bridgehead atoms. The van der Waals surface area contributed by atoms with E-state index >= 15 is 0 Å². The topological polar surface area (TPSA) is 24.9 Å². The monoisotopic (exact) mass is 264 g/mol. The number of hydrogen-bond donors (Lipinski definition) is 1. The molecule has 1 N–H and O–H groups in total. The van der Waals surface area contributed by atoms with E-state index in [0.717, 1.165) is 40.7 Å². The summed E-state index contributed by atoms with van der Waals surface area (Å²) in [4.78, 5) is 4.57. The number of rotatable bonds is 3. The maximum absolute atomic E-state index is 13.1. The van der Waals surface area contributed by atoms with Crippen LogP contribution in [-0.4, -0.2) is 18.1 Å². The van der Waals surface area contributed by atoms with Crippen molar-refractivity contribution in [1.29, 1.82) is 0 Å². The van der Waals surface area contributed by atoms with Crippen LogP contribution in [-0.2, 0) is 6.42 Å². The molecule has 0 amide bonds. The fraction of sp³-hybridized carbons (Fsp3) is 0.500. The lowest BCUT2D eigenvalue weighted by Crippen LogP contribution is -2.29. The molecule has 1 aromatic heterocycles. The molecule has 18 heavy (non-hydrogen) atoms. The van der Waals surface area contributed by atoms with Crippen molar-refractivity contribution in [2.45, 2.75) is 25.7 Å². The third kappa shape index (κ3) is 2.70. The zero-order valence-corrected chi connectivity index (χ0v) is 11.1. The zero-order valence-electron chi connectivity index (χ0n) is 10.3. The van der Waals surface area contributed by atoms with Gasteiger partial charge in [0.25, 0.3) is 0 Å². The Morgan fingerprint density at radius 3 is 3.22 bits per heavy atom. The van der Waals surface area contributed by atoms with Crippen molar-refractivity contribution < 1.29 is 4.39 Å². The van der Waals surface area contributed by atoms with Crippen molar-refractivity contribution in [3.05, 3.63) is 29.0 Å². The van der Waals surface area contributed by atoms with Gasteiger partial charge in [0.1, 0.15) is 5.82 Å². The van der Waals surface area contributed by atoms with Crippen molar-refractivity contribution >= 4 is 21.6 Å². The summed E-state index contributed by atoms with van der Waals surface area (Å²) in [6, 6.07) is 4.84. The van der Waals surface area contributed by atoms with Crippen molar-refractivity contribution in [3.63, 3.8) is 0 Å². The van der Waals surface area contributed by atoms with Gasteiger partial charge in [-0.05, 0) is 62.9 Å². The van der Waals surface area contributed by atoms with E-state index in [2.05, 4.69) is 10.3 Å². The van der Waals surface area contributed by atoms with Gasteiger partial charge in [-0.3, -0.25) is 0 Å². The molecule has 2 nitrogen and oxygen atoms in total. The smallest absolute Gasteiger partial charge is 0.124 e. The first-order valence-electron chi connectivity index (χ1n) is 6.57. The van der Waals surface area contributed by atoms with Gasteiger partial charge in [0.05, 0.1) is 15.2 Å². The van der Waals surface area contributed by atoms with E-state index in [9.17, 15) is 4.39 Å². The van der Waals surface area contributed by atoms with Crippen LogP contribution in [0.5, 0.6) is 0 Å². The highest BCUT2D eigenvalue weighted by molar-refractivity contribution is 7.18. The first kappa shape index (κ1) is 12.1. The largest absolute Gasteiger partial charge is 0.316 e. The van der Waals surface area contributed by atoms with Crippen LogP contribution in [0, 0.1) is 11.7 Å². The second-order valence-corrected chi connectivity index (χ2v) is 6.09. The highest BCUT2D eigenvalue weighted by Gasteiger charge is 2.14. The van der Waals surface area contributed by atoms with Crippen LogP contribution in [0.4, 0.5) is 4.39 Å². The van der Waals surface area contributed by atoms with Gasteiger partial charge in [-0.1, -0.05) is 0 Å². The van der Waals surface area contributed by atoms with Crippen LogP contribution in [0.2, 0.25) is 0 Å². The van der Waals surface area contributed by atoms with Gasteiger partial charge in [-0.15, -0.1) is 11.3 Å². The number of nitrogens with zero attached hydrogens (tertiary/aromatic N) is 1. The van der Waals surface area contributed by atoms with Gasteiger partial charge in [-0.2, -0.15) is 0 Å². The quantitative estimate of drug-likeness (QED) is 0.919. The molecule has 0 spiro atoms. The predicted octanol–water partition coefficient (Wildman–Crippen LogP) is 3.37. The van der Waals surface area contributed by atoms with E-state index < -0.39 is 0 Å². The molecule has 1 unspecified atom stereocenters. The van der Waals surface area contributed by atoms with Crippen molar-refractivity contribution in [3.8, 4) is 0 Å². The van der Waals surface area contributed by atoms with E-state index in [1.807, 2.05) is 0 Å². The minimum absolute atomic E-state index is 0.172. The minimum atomic E-state index is -0.172. The van der Waals surface area contributed by atoms with Gasteiger partial charge in [-0.25, -0.2) is 9.37 Å². The summed E-state index contributed by atoms with van der Waals surface area (Å²) < 4.78 is 14.1. The van der Waals surface area contributed by atoms with Crippen LogP contribution < -0.4 is 5.32 Å².